The zero-order valence-electron chi connectivity index (χ0n) is 12.7. The number of nitrogens with two attached hydrogens (primary N) is 1. The zero-order valence-corrected chi connectivity index (χ0v) is 12.7. The lowest BCUT2D eigenvalue weighted by Crippen LogP contribution is -2.46. The largest absolute Gasteiger partial charge is 0.497 e. The molecule has 1 aromatic rings. The van der Waals surface area contributed by atoms with Gasteiger partial charge in [0.05, 0.1) is 7.11 Å². The molecule has 0 saturated carbocycles. The first-order chi connectivity index (χ1) is 9.53. The van der Waals surface area contributed by atoms with Gasteiger partial charge in [-0.15, -0.1) is 0 Å². The third-order valence-corrected chi connectivity index (χ3v) is 3.72. The van der Waals surface area contributed by atoms with Crippen molar-refractivity contribution < 1.29 is 9.53 Å². The summed E-state index contributed by atoms with van der Waals surface area (Å²) in [6.07, 6.45) is 2.92. The van der Waals surface area contributed by atoms with Crippen molar-refractivity contribution in [3.05, 3.63) is 29.8 Å². The van der Waals surface area contributed by atoms with E-state index in [-0.39, 0.29) is 11.4 Å². The summed E-state index contributed by atoms with van der Waals surface area (Å²) in [6, 6.07) is 7.81. The molecule has 0 heterocycles. The molecule has 1 rings (SSSR count). The molecular weight excluding hydrogens is 252 g/mol. The summed E-state index contributed by atoms with van der Waals surface area (Å²) < 4.78 is 5.11. The fourth-order valence-corrected chi connectivity index (χ4v) is 2.10. The Bertz CT molecular complexity index is 417. The van der Waals surface area contributed by atoms with E-state index in [9.17, 15) is 4.79 Å². The number of hydrogen-bond acceptors (Lipinski definition) is 3. The van der Waals surface area contributed by atoms with Gasteiger partial charge >= 0.3 is 0 Å². The van der Waals surface area contributed by atoms with Crippen LogP contribution >= 0.6 is 0 Å². The number of methoxy groups -OCH3 is 1. The minimum absolute atomic E-state index is 0.0821. The molecule has 4 nitrogen and oxygen atoms in total. The first-order valence-electron chi connectivity index (χ1n) is 7.17. The quantitative estimate of drug-likeness (QED) is 0.766. The summed E-state index contributed by atoms with van der Waals surface area (Å²) >= 11 is 0. The van der Waals surface area contributed by atoms with Crippen LogP contribution in [-0.2, 0) is 11.2 Å². The van der Waals surface area contributed by atoms with Crippen molar-refractivity contribution >= 4 is 5.91 Å². The lowest BCUT2D eigenvalue weighted by molar-refractivity contribution is -0.122. The Kier molecular flexibility index (Phi) is 6.52. The van der Waals surface area contributed by atoms with E-state index in [2.05, 4.69) is 12.2 Å². The molecular formula is C16H26N2O2. The van der Waals surface area contributed by atoms with Gasteiger partial charge in [0, 0.05) is 12.0 Å². The maximum Gasteiger partial charge on any atom is 0.220 e. The maximum atomic E-state index is 12.0. The van der Waals surface area contributed by atoms with Gasteiger partial charge in [0.25, 0.3) is 0 Å². The molecule has 1 atom stereocenters. The first-order valence-corrected chi connectivity index (χ1v) is 7.17. The average Bonchev–Trinajstić information content (AvgIpc) is 2.46. The number of rotatable bonds is 8. The molecule has 0 aromatic heterocycles. The summed E-state index contributed by atoms with van der Waals surface area (Å²) in [4.78, 5) is 12.0. The molecule has 0 aliphatic rings. The van der Waals surface area contributed by atoms with Crippen LogP contribution in [0.4, 0.5) is 0 Å². The number of nitrogens with one attached hydrogen (secondary N) is 1. The van der Waals surface area contributed by atoms with Crippen molar-refractivity contribution in [3.63, 3.8) is 0 Å². The van der Waals surface area contributed by atoms with Crippen LogP contribution in [0.25, 0.3) is 0 Å². The highest BCUT2D eigenvalue weighted by Gasteiger charge is 2.22. The second-order valence-electron chi connectivity index (χ2n) is 5.35. The van der Waals surface area contributed by atoms with E-state index in [1.807, 2.05) is 31.2 Å². The molecule has 0 fully saturated rings. The first kappa shape index (κ1) is 16.5. The Hall–Kier alpha value is -1.55. The SMILES string of the molecule is CCC(C)(CCN)NC(=O)CCc1ccc(OC)cc1. The summed E-state index contributed by atoms with van der Waals surface area (Å²) in [5.41, 5.74) is 6.54. The van der Waals surface area contributed by atoms with Crippen LogP contribution in [-0.4, -0.2) is 25.1 Å². The minimum Gasteiger partial charge on any atom is -0.497 e. The van der Waals surface area contributed by atoms with Crippen molar-refractivity contribution in [2.24, 2.45) is 5.73 Å². The molecule has 1 unspecified atom stereocenters. The van der Waals surface area contributed by atoms with E-state index < -0.39 is 0 Å². The average molecular weight is 278 g/mol. The molecule has 0 spiro atoms. The number of amides is 1. The van der Waals surface area contributed by atoms with Crippen LogP contribution in [0, 0.1) is 0 Å². The van der Waals surface area contributed by atoms with Gasteiger partial charge in [0.2, 0.25) is 5.91 Å². The second-order valence-corrected chi connectivity index (χ2v) is 5.35. The van der Waals surface area contributed by atoms with Gasteiger partial charge in [-0.25, -0.2) is 0 Å². The molecule has 0 aliphatic carbocycles. The summed E-state index contributed by atoms with van der Waals surface area (Å²) in [6.45, 7) is 4.70. The van der Waals surface area contributed by atoms with Crippen LogP contribution in [0.15, 0.2) is 24.3 Å². The molecule has 0 aliphatic heterocycles. The Morgan fingerprint density at radius 3 is 2.50 bits per heavy atom. The summed E-state index contributed by atoms with van der Waals surface area (Å²) in [5.74, 6) is 0.915. The van der Waals surface area contributed by atoms with E-state index in [4.69, 9.17) is 10.5 Å². The number of hydrogen-bond donors (Lipinski definition) is 2. The van der Waals surface area contributed by atoms with E-state index >= 15 is 0 Å². The van der Waals surface area contributed by atoms with Gasteiger partial charge in [0.15, 0.2) is 0 Å². The summed E-state index contributed by atoms with van der Waals surface area (Å²) in [5, 5.41) is 3.09. The lowest BCUT2D eigenvalue weighted by Gasteiger charge is -2.29. The van der Waals surface area contributed by atoms with Crippen LogP contribution in [0.3, 0.4) is 0 Å². The van der Waals surface area contributed by atoms with Gasteiger partial charge in [-0.05, 0) is 50.4 Å². The van der Waals surface area contributed by atoms with Crippen LogP contribution in [0.5, 0.6) is 5.75 Å². The summed E-state index contributed by atoms with van der Waals surface area (Å²) in [7, 11) is 1.64. The highest BCUT2D eigenvalue weighted by atomic mass is 16.5. The van der Waals surface area contributed by atoms with Crippen molar-refractivity contribution in [1.82, 2.24) is 5.32 Å². The number of benzene rings is 1. The molecule has 1 amide bonds. The van der Waals surface area contributed by atoms with E-state index in [0.29, 0.717) is 13.0 Å². The highest BCUT2D eigenvalue weighted by molar-refractivity contribution is 5.77. The van der Waals surface area contributed by atoms with Crippen LogP contribution in [0.1, 0.15) is 38.7 Å². The predicted octanol–water partition coefficient (Wildman–Crippen LogP) is 2.26. The van der Waals surface area contributed by atoms with Crippen molar-refractivity contribution in [2.75, 3.05) is 13.7 Å². The Balaban J connectivity index is 2.45. The predicted molar refractivity (Wildman–Crippen MR) is 81.8 cm³/mol. The van der Waals surface area contributed by atoms with Crippen molar-refractivity contribution in [1.29, 1.82) is 0 Å². The normalized spacial score (nSPS) is 13.6. The van der Waals surface area contributed by atoms with Gasteiger partial charge in [-0.3, -0.25) is 4.79 Å². The highest BCUT2D eigenvalue weighted by Crippen LogP contribution is 2.15. The lowest BCUT2D eigenvalue weighted by atomic mass is 9.94. The maximum absolute atomic E-state index is 12.0. The standard InChI is InChI=1S/C16H26N2O2/c1-4-16(2,11-12-17)18-15(19)10-7-13-5-8-14(20-3)9-6-13/h5-6,8-9H,4,7,10-12,17H2,1-3H3,(H,18,19). The monoisotopic (exact) mass is 278 g/mol. The molecule has 20 heavy (non-hydrogen) atoms. The number of carbonyl (C=O) groups is 1. The smallest absolute Gasteiger partial charge is 0.220 e. The number of carbonyl (C=O) groups excluding carboxylic acids is 1. The van der Waals surface area contributed by atoms with Gasteiger partial charge in [-0.1, -0.05) is 19.1 Å². The van der Waals surface area contributed by atoms with E-state index in [0.717, 1.165) is 30.6 Å². The second kappa shape index (κ2) is 7.90. The molecule has 4 heteroatoms. The fourth-order valence-electron chi connectivity index (χ4n) is 2.10. The van der Waals surface area contributed by atoms with Crippen molar-refractivity contribution in [3.8, 4) is 5.75 Å². The van der Waals surface area contributed by atoms with Crippen molar-refractivity contribution in [2.45, 2.75) is 45.1 Å². The Labute approximate surface area is 121 Å². The van der Waals surface area contributed by atoms with E-state index in [1.54, 1.807) is 7.11 Å². The number of ether oxygens (including phenoxy) is 1. The van der Waals surface area contributed by atoms with Gasteiger partial charge < -0.3 is 15.8 Å². The molecule has 112 valence electrons. The zero-order chi connectivity index (χ0) is 15.0. The molecule has 0 radical (unpaired) electrons. The molecule has 0 bridgehead atoms. The van der Waals surface area contributed by atoms with Crippen LogP contribution in [0.2, 0.25) is 0 Å². The molecule has 0 saturated heterocycles. The van der Waals surface area contributed by atoms with Crippen LogP contribution < -0.4 is 15.8 Å². The van der Waals surface area contributed by atoms with E-state index in [1.165, 1.54) is 0 Å². The van der Waals surface area contributed by atoms with Gasteiger partial charge in [0.1, 0.15) is 5.75 Å². The Morgan fingerprint density at radius 1 is 1.35 bits per heavy atom. The fraction of sp³-hybridized carbons (Fsp3) is 0.562. The third kappa shape index (κ3) is 5.21. The number of aryl methyl sites for hydroxylation is 1. The Morgan fingerprint density at radius 2 is 2.00 bits per heavy atom. The topological polar surface area (TPSA) is 64.3 Å². The minimum atomic E-state index is -0.189. The molecule has 1 aromatic carbocycles. The van der Waals surface area contributed by atoms with Gasteiger partial charge in [-0.2, -0.15) is 0 Å². The molecule has 3 N–H and O–H groups in total. The third-order valence-electron chi connectivity index (χ3n) is 3.72.